The van der Waals surface area contributed by atoms with Crippen LogP contribution < -0.4 is 15.1 Å². The molecule has 0 bridgehead atoms. The van der Waals surface area contributed by atoms with Crippen molar-refractivity contribution in [3.8, 4) is 0 Å². The third-order valence-electron chi connectivity index (χ3n) is 4.89. The Kier molecular flexibility index (Phi) is 5.42. The Morgan fingerprint density at radius 2 is 1.73 bits per heavy atom. The molecular weight excluding hydrogens is 412 g/mol. The van der Waals surface area contributed by atoms with E-state index in [1.165, 1.54) is 12.1 Å². The summed E-state index contributed by atoms with van der Waals surface area (Å²) >= 11 is 0.844. The van der Waals surface area contributed by atoms with Gasteiger partial charge in [-0.1, -0.05) is 12.1 Å². The molecule has 0 atom stereocenters. The van der Waals surface area contributed by atoms with E-state index in [2.05, 4.69) is 20.2 Å². The summed E-state index contributed by atoms with van der Waals surface area (Å²) in [7, 11) is 0. The molecule has 2 fully saturated rings. The van der Waals surface area contributed by atoms with Crippen molar-refractivity contribution in [2.24, 2.45) is 0 Å². The molecule has 2 amide bonds. The Hall–Kier alpha value is -3.01. The lowest BCUT2D eigenvalue weighted by Crippen LogP contribution is -2.47. The minimum atomic E-state index is -2.85. The van der Waals surface area contributed by atoms with Gasteiger partial charge in [0.05, 0.1) is 10.6 Å². The molecule has 0 aliphatic carbocycles. The van der Waals surface area contributed by atoms with Gasteiger partial charge in [0.25, 0.3) is 17.1 Å². The summed E-state index contributed by atoms with van der Waals surface area (Å²) in [4.78, 5) is 36.3. The van der Waals surface area contributed by atoms with Crippen LogP contribution in [0.5, 0.6) is 0 Å². The molecule has 2 aromatic rings. The van der Waals surface area contributed by atoms with Crippen LogP contribution in [0.25, 0.3) is 6.08 Å². The number of carbonyl (C=O) groups is 2. The number of imide groups is 1. The van der Waals surface area contributed by atoms with Gasteiger partial charge < -0.3 is 9.80 Å². The van der Waals surface area contributed by atoms with E-state index >= 15 is 0 Å². The van der Waals surface area contributed by atoms with Crippen LogP contribution in [0.2, 0.25) is 0 Å². The van der Waals surface area contributed by atoms with E-state index in [0.29, 0.717) is 42.7 Å². The zero-order chi connectivity index (χ0) is 21.3. The highest BCUT2D eigenvalue weighted by Crippen LogP contribution is 2.29. The Morgan fingerprint density at radius 3 is 2.33 bits per heavy atom. The smallest absolute Gasteiger partial charge is 0.290 e. The zero-order valence-electron chi connectivity index (χ0n) is 16.1. The number of hydrogen-bond donors (Lipinski definition) is 1. The van der Waals surface area contributed by atoms with Gasteiger partial charge in [0.2, 0.25) is 5.95 Å². The molecule has 2 saturated heterocycles. The third kappa shape index (κ3) is 4.43. The number of aromatic nitrogens is 2. The predicted molar refractivity (Wildman–Crippen MR) is 112 cm³/mol. The number of hydrogen-bond acceptors (Lipinski definition) is 7. The molecule has 3 heterocycles. The molecule has 10 heteroatoms. The second kappa shape index (κ2) is 8.02. The summed E-state index contributed by atoms with van der Waals surface area (Å²) in [6, 6.07) is 8.04. The molecule has 1 aromatic carbocycles. The Balaban J connectivity index is 1.41. The molecular formula is C20H19F2N5O2S. The molecule has 7 nitrogen and oxygen atoms in total. The molecule has 30 heavy (non-hydrogen) atoms. The van der Waals surface area contributed by atoms with E-state index in [0.717, 1.165) is 24.4 Å². The normalized spacial score (nSPS) is 18.8. The van der Waals surface area contributed by atoms with Crippen molar-refractivity contribution in [1.82, 2.24) is 15.3 Å². The van der Waals surface area contributed by atoms with Crippen LogP contribution in [0.15, 0.2) is 41.4 Å². The first-order valence-corrected chi connectivity index (χ1v) is 10.2. The predicted octanol–water partition coefficient (Wildman–Crippen LogP) is 3.24. The topological polar surface area (TPSA) is 78.4 Å². The van der Waals surface area contributed by atoms with Crippen LogP contribution in [0.1, 0.15) is 18.2 Å². The van der Waals surface area contributed by atoms with Gasteiger partial charge in [0.1, 0.15) is 0 Å². The highest BCUT2D eigenvalue weighted by molar-refractivity contribution is 8.18. The molecule has 1 aromatic heterocycles. The Bertz CT molecular complexity index is 999. The molecule has 1 N–H and O–H groups in total. The van der Waals surface area contributed by atoms with Crippen molar-refractivity contribution in [3.63, 3.8) is 0 Å². The summed E-state index contributed by atoms with van der Waals surface area (Å²) in [6.45, 7) is 3.62. The standard InChI is InChI=1S/C20H19F2N5O2S/c1-20(21,22)13-2-4-15(5-3-13)26-8-10-27(11-9-26)18-23-7-6-14(24-18)12-16-17(28)25-19(29)30-16/h2-7,12H,8-11H2,1H3,(H,25,28,29)/b16-12-. The number of amides is 2. The summed E-state index contributed by atoms with van der Waals surface area (Å²) < 4.78 is 26.8. The highest BCUT2D eigenvalue weighted by atomic mass is 32.2. The number of nitrogens with one attached hydrogen (secondary N) is 1. The van der Waals surface area contributed by atoms with Crippen LogP contribution >= 0.6 is 11.8 Å². The van der Waals surface area contributed by atoms with Gasteiger partial charge in [-0.05, 0) is 36.0 Å². The van der Waals surface area contributed by atoms with Crippen LogP contribution in [-0.4, -0.2) is 47.3 Å². The first-order chi connectivity index (χ1) is 14.3. The molecule has 2 aliphatic heterocycles. The van der Waals surface area contributed by atoms with Crippen LogP contribution in [0.4, 0.5) is 25.2 Å². The lowest BCUT2D eigenvalue weighted by atomic mass is 10.1. The Labute approximate surface area is 176 Å². The van der Waals surface area contributed by atoms with Gasteiger partial charge in [-0.2, -0.15) is 0 Å². The first kappa shape index (κ1) is 20.3. The van der Waals surface area contributed by atoms with E-state index in [4.69, 9.17) is 0 Å². The lowest BCUT2D eigenvalue weighted by molar-refractivity contribution is -0.115. The Morgan fingerprint density at radius 1 is 1.07 bits per heavy atom. The van der Waals surface area contributed by atoms with Crippen molar-refractivity contribution in [2.45, 2.75) is 12.8 Å². The third-order valence-corrected chi connectivity index (χ3v) is 5.70. The van der Waals surface area contributed by atoms with E-state index < -0.39 is 17.1 Å². The SMILES string of the molecule is CC(F)(F)c1ccc(N2CCN(c3nccc(/C=C4\SC(=O)NC4=O)n3)CC2)cc1. The number of carbonyl (C=O) groups excluding carboxylic acids is 2. The minimum absolute atomic E-state index is 0.0000263. The molecule has 4 rings (SSSR count). The maximum Gasteiger partial charge on any atom is 0.290 e. The van der Waals surface area contributed by atoms with Gasteiger partial charge in [-0.15, -0.1) is 0 Å². The van der Waals surface area contributed by atoms with Crippen LogP contribution in [0, 0.1) is 0 Å². The van der Waals surface area contributed by atoms with Gasteiger partial charge in [-0.3, -0.25) is 14.9 Å². The fraction of sp³-hybridized carbons (Fsp3) is 0.300. The van der Waals surface area contributed by atoms with Crippen molar-refractivity contribution in [3.05, 3.63) is 52.7 Å². The summed E-state index contributed by atoms with van der Waals surface area (Å²) in [5.74, 6) is -2.73. The average molecular weight is 431 g/mol. The number of halogens is 2. The quantitative estimate of drug-likeness (QED) is 0.745. The average Bonchev–Trinajstić information content (AvgIpc) is 3.04. The van der Waals surface area contributed by atoms with Crippen molar-refractivity contribution in [2.75, 3.05) is 36.0 Å². The lowest BCUT2D eigenvalue weighted by Gasteiger charge is -2.36. The molecule has 2 aliphatic rings. The van der Waals surface area contributed by atoms with Crippen molar-refractivity contribution in [1.29, 1.82) is 0 Å². The highest BCUT2D eigenvalue weighted by Gasteiger charge is 2.26. The molecule has 0 radical (unpaired) electrons. The van der Waals surface area contributed by atoms with E-state index in [1.807, 2.05) is 4.90 Å². The van der Waals surface area contributed by atoms with E-state index in [1.54, 1.807) is 30.5 Å². The monoisotopic (exact) mass is 431 g/mol. The summed E-state index contributed by atoms with van der Waals surface area (Å²) in [6.07, 6.45) is 3.18. The molecule has 0 spiro atoms. The number of benzene rings is 1. The first-order valence-electron chi connectivity index (χ1n) is 9.36. The number of rotatable bonds is 4. The maximum atomic E-state index is 13.4. The van der Waals surface area contributed by atoms with Gasteiger partial charge in [0, 0.05) is 50.6 Å². The van der Waals surface area contributed by atoms with Gasteiger partial charge in [0.15, 0.2) is 0 Å². The summed E-state index contributed by atoms with van der Waals surface area (Å²) in [5, 5.41) is 1.82. The van der Waals surface area contributed by atoms with Gasteiger partial charge >= 0.3 is 0 Å². The zero-order valence-corrected chi connectivity index (χ0v) is 17.0. The largest absolute Gasteiger partial charge is 0.368 e. The van der Waals surface area contributed by atoms with Crippen molar-refractivity contribution >= 4 is 40.6 Å². The molecule has 0 saturated carbocycles. The minimum Gasteiger partial charge on any atom is -0.368 e. The number of alkyl halides is 2. The van der Waals surface area contributed by atoms with E-state index in [-0.39, 0.29) is 5.56 Å². The summed E-state index contributed by atoms with van der Waals surface area (Å²) in [5.41, 5.74) is 1.45. The second-order valence-electron chi connectivity index (χ2n) is 7.04. The molecule has 0 unspecified atom stereocenters. The fourth-order valence-electron chi connectivity index (χ4n) is 3.28. The van der Waals surface area contributed by atoms with Crippen LogP contribution in [-0.2, 0) is 10.7 Å². The maximum absolute atomic E-state index is 13.4. The number of anilines is 2. The van der Waals surface area contributed by atoms with Crippen molar-refractivity contribution < 1.29 is 18.4 Å². The van der Waals surface area contributed by atoms with Gasteiger partial charge in [-0.25, -0.2) is 18.7 Å². The van der Waals surface area contributed by atoms with Crippen LogP contribution in [0.3, 0.4) is 0 Å². The number of thioether (sulfide) groups is 1. The number of nitrogens with zero attached hydrogens (tertiary/aromatic N) is 4. The van der Waals surface area contributed by atoms with E-state index in [9.17, 15) is 18.4 Å². The second-order valence-corrected chi connectivity index (χ2v) is 8.06. The fourth-order valence-corrected chi connectivity index (χ4v) is 3.95. The number of piperazine rings is 1. The molecule has 156 valence electrons.